The van der Waals surface area contributed by atoms with E-state index in [1.165, 1.54) is 18.3 Å². The van der Waals surface area contributed by atoms with E-state index in [1.54, 1.807) is 12.1 Å². The molecule has 2 aromatic carbocycles. The number of alkyl halides is 2. The molecule has 7 nitrogen and oxygen atoms in total. The molecule has 3 N–H and O–H groups in total. The molecule has 0 bridgehead atoms. The lowest BCUT2D eigenvalue weighted by molar-refractivity contribution is 0.0128. The van der Waals surface area contributed by atoms with Crippen molar-refractivity contribution in [1.82, 2.24) is 15.0 Å². The van der Waals surface area contributed by atoms with Crippen LogP contribution in [0.15, 0.2) is 42.6 Å². The van der Waals surface area contributed by atoms with Gasteiger partial charge in [0.05, 0.1) is 39.2 Å². The van der Waals surface area contributed by atoms with E-state index in [9.17, 15) is 13.6 Å². The number of imidazole rings is 1. The Morgan fingerprint density at radius 3 is 2.69 bits per heavy atom. The van der Waals surface area contributed by atoms with E-state index in [-0.39, 0.29) is 5.69 Å². The van der Waals surface area contributed by atoms with Gasteiger partial charge in [0.15, 0.2) is 0 Å². The Hall–Kier alpha value is -3.72. The third-order valence-electron chi connectivity index (χ3n) is 5.99. The number of amides is 1. The highest BCUT2D eigenvalue weighted by Gasteiger charge is 2.36. The van der Waals surface area contributed by atoms with Crippen molar-refractivity contribution in [3.8, 4) is 5.75 Å². The van der Waals surface area contributed by atoms with E-state index in [4.69, 9.17) is 21.3 Å². The van der Waals surface area contributed by atoms with Crippen molar-refractivity contribution >= 4 is 45.9 Å². The van der Waals surface area contributed by atoms with Gasteiger partial charge in [0, 0.05) is 18.9 Å². The van der Waals surface area contributed by atoms with Gasteiger partial charge in [0.25, 0.3) is 11.8 Å². The number of halogens is 3. The number of ether oxygens (including phenoxy) is 1. The van der Waals surface area contributed by atoms with Gasteiger partial charge in [0.1, 0.15) is 17.0 Å². The smallest absolute Gasteiger partial charge is 0.286 e. The SMILES string of the molecule is Cc1cccc(Cl)c1Nc1nc2c3c(c(C(=O)Nc4ccc(C(C)(F)F)nc4)cc2[nH]1)OC(C)(C)C3. The second-order valence-corrected chi connectivity index (χ2v) is 9.99. The number of aryl methyl sites for hydroxylation is 1. The Balaban J connectivity index is 1.51. The average Bonchev–Trinajstić information content (AvgIpc) is 3.34. The van der Waals surface area contributed by atoms with Crippen LogP contribution < -0.4 is 15.4 Å². The summed E-state index contributed by atoms with van der Waals surface area (Å²) in [6, 6.07) is 9.85. The number of aromatic amines is 1. The zero-order chi connectivity index (χ0) is 25.8. The number of para-hydroxylation sites is 1. The van der Waals surface area contributed by atoms with Gasteiger partial charge >= 0.3 is 0 Å². The van der Waals surface area contributed by atoms with E-state index in [1.807, 2.05) is 32.9 Å². The predicted octanol–water partition coefficient (Wildman–Crippen LogP) is 6.74. The number of hydrogen-bond acceptors (Lipinski definition) is 5. The molecule has 186 valence electrons. The zero-order valence-electron chi connectivity index (χ0n) is 20.1. The van der Waals surface area contributed by atoms with Crippen LogP contribution in [-0.4, -0.2) is 26.5 Å². The molecule has 2 aromatic heterocycles. The summed E-state index contributed by atoms with van der Waals surface area (Å²) in [6.45, 7) is 6.59. The fourth-order valence-electron chi connectivity index (χ4n) is 4.28. The third-order valence-corrected chi connectivity index (χ3v) is 6.30. The summed E-state index contributed by atoms with van der Waals surface area (Å²) in [7, 11) is 0. The van der Waals surface area contributed by atoms with Gasteiger partial charge in [-0.3, -0.25) is 9.78 Å². The van der Waals surface area contributed by atoms with Crippen molar-refractivity contribution < 1.29 is 18.3 Å². The zero-order valence-corrected chi connectivity index (χ0v) is 20.8. The van der Waals surface area contributed by atoms with Crippen LogP contribution in [-0.2, 0) is 12.3 Å². The molecular formula is C26H24ClF2N5O2. The monoisotopic (exact) mass is 511 g/mol. The third kappa shape index (κ3) is 4.46. The highest BCUT2D eigenvalue weighted by atomic mass is 35.5. The minimum Gasteiger partial charge on any atom is -0.486 e. The molecule has 0 aliphatic carbocycles. The Morgan fingerprint density at radius 1 is 1.25 bits per heavy atom. The number of pyridine rings is 1. The van der Waals surface area contributed by atoms with Crippen molar-refractivity contribution in [3.05, 3.63) is 70.0 Å². The van der Waals surface area contributed by atoms with E-state index in [0.717, 1.165) is 23.7 Å². The molecule has 0 saturated heterocycles. The van der Waals surface area contributed by atoms with E-state index >= 15 is 0 Å². The lowest BCUT2D eigenvalue weighted by atomic mass is 9.98. The molecule has 0 spiro atoms. The number of aromatic nitrogens is 3. The van der Waals surface area contributed by atoms with Crippen LogP contribution in [0, 0.1) is 6.92 Å². The molecule has 0 radical (unpaired) electrons. The largest absolute Gasteiger partial charge is 0.486 e. The maximum absolute atomic E-state index is 13.5. The van der Waals surface area contributed by atoms with Crippen LogP contribution in [0.4, 0.5) is 26.1 Å². The quantitative estimate of drug-likeness (QED) is 0.276. The van der Waals surface area contributed by atoms with E-state index in [2.05, 4.69) is 20.6 Å². The highest BCUT2D eigenvalue weighted by Crippen LogP contribution is 2.42. The number of carbonyl (C=O) groups excluding carboxylic acids is 1. The lowest BCUT2D eigenvalue weighted by Gasteiger charge is -2.18. The number of anilines is 3. The van der Waals surface area contributed by atoms with Gasteiger partial charge in [-0.2, -0.15) is 8.78 Å². The van der Waals surface area contributed by atoms with Crippen molar-refractivity contribution in [2.75, 3.05) is 10.6 Å². The molecule has 1 amide bonds. The maximum Gasteiger partial charge on any atom is 0.286 e. The summed E-state index contributed by atoms with van der Waals surface area (Å²) >= 11 is 6.36. The predicted molar refractivity (Wildman–Crippen MR) is 136 cm³/mol. The van der Waals surface area contributed by atoms with Gasteiger partial charge in [0.2, 0.25) is 5.95 Å². The Labute approximate surface area is 211 Å². The van der Waals surface area contributed by atoms with Crippen molar-refractivity contribution in [1.29, 1.82) is 0 Å². The molecule has 10 heteroatoms. The number of carbonyl (C=O) groups is 1. The molecule has 36 heavy (non-hydrogen) atoms. The molecule has 0 fully saturated rings. The Bertz CT molecular complexity index is 1470. The second-order valence-electron chi connectivity index (χ2n) is 9.58. The average molecular weight is 512 g/mol. The fraction of sp³-hybridized carbons (Fsp3) is 0.269. The van der Waals surface area contributed by atoms with Gasteiger partial charge < -0.3 is 20.4 Å². The minimum atomic E-state index is -3.07. The molecule has 0 unspecified atom stereocenters. The number of benzene rings is 2. The van der Waals surface area contributed by atoms with Crippen molar-refractivity contribution in [3.63, 3.8) is 0 Å². The summed E-state index contributed by atoms with van der Waals surface area (Å²) in [5.41, 5.74) is 3.52. The van der Waals surface area contributed by atoms with Crippen LogP contribution >= 0.6 is 11.6 Å². The molecule has 5 rings (SSSR count). The molecule has 1 aliphatic heterocycles. The first-order chi connectivity index (χ1) is 16.9. The first kappa shape index (κ1) is 24.0. The number of fused-ring (bicyclic) bond motifs is 3. The number of H-pyrrole nitrogens is 1. The standard InChI is InChI=1S/C26H24ClF2N5O2/c1-13-6-5-7-17(27)20(13)33-24-32-18-10-15(22-16(21(18)34-24)11-25(2,3)36-22)23(35)31-14-8-9-19(30-12-14)26(4,28)29/h5-10,12H,11H2,1-4H3,(H,31,35)(H2,32,33,34). The molecule has 0 atom stereocenters. The summed E-state index contributed by atoms with van der Waals surface area (Å²) in [5.74, 6) is -2.59. The molecule has 1 aliphatic rings. The first-order valence-electron chi connectivity index (χ1n) is 11.3. The number of nitrogens with one attached hydrogen (secondary N) is 3. The lowest BCUT2D eigenvalue weighted by Crippen LogP contribution is -2.25. The number of rotatable bonds is 5. The van der Waals surface area contributed by atoms with Crippen LogP contribution in [0.25, 0.3) is 11.0 Å². The van der Waals surface area contributed by atoms with Gasteiger partial charge in [-0.05, 0) is 50.6 Å². The summed E-state index contributed by atoms with van der Waals surface area (Å²) in [6.07, 6.45) is 1.76. The number of hydrogen-bond donors (Lipinski definition) is 3. The minimum absolute atomic E-state index is 0.292. The van der Waals surface area contributed by atoms with Crippen LogP contribution in [0.2, 0.25) is 5.02 Å². The topological polar surface area (TPSA) is 91.9 Å². The van der Waals surface area contributed by atoms with Gasteiger partial charge in [-0.1, -0.05) is 23.7 Å². The summed E-state index contributed by atoms with van der Waals surface area (Å²) < 4.78 is 33.1. The van der Waals surface area contributed by atoms with Crippen LogP contribution in [0.1, 0.15) is 48.0 Å². The molecule has 0 saturated carbocycles. The number of nitrogens with zero attached hydrogens (tertiary/aromatic N) is 2. The maximum atomic E-state index is 13.5. The van der Waals surface area contributed by atoms with Crippen LogP contribution in [0.5, 0.6) is 5.75 Å². The van der Waals surface area contributed by atoms with Gasteiger partial charge in [-0.15, -0.1) is 0 Å². The van der Waals surface area contributed by atoms with Crippen LogP contribution in [0.3, 0.4) is 0 Å². The second kappa shape index (κ2) is 8.44. The summed E-state index contributed by atoms with van der Waals surface area (Å²) in [4.78, 5) is 25.0. The van der Waals surface area contributed by atoms with E-state index < -0.39 is 17.4 Å². The normalized spacial score (nSPS) is 14.4. The Morgan fingerprint density at radius 2 is 2.03 bits per heavy atom. The molecule has 3 heterocycles. The molecule has 4 aromatic rings. The first-order valence-corrected chi connectivity index (χ1v) is 11.7. The van der Waals surface area contributed by atoms with Gasteiger partial charge in [-0.25, -0.2) is 4.98 Å². The van der Waals surface area contributed by atoms with Crippen molar-refractivity contribution in [2.45, 2.75) is 45.6 Å². The summed E-state index contributed by atoms with van der Waals surface area (Å²) in [5, 5.41) is 6.53. The molecular weight excluding hydrogens is 488 g/mol. The fourth-order valence-corrected chi connectivity index (χ4v) is 4.55. The highest BCUT2D eigenvalue weighted by molar-refractivity contribution is 6.33. The van der Waals surface area contributed by atoms with Crippen molar-refractivity contribution in [2.24, 2.45) is 0 Å². The Kier molecular flexibility index (Phi) is 5.63. The van der Waals surface area contributed by atoms with E-state index in [0.29, 0.717) is 45.4 Å².